The van der Waals surface area contributed by atoms with Crippen LogP contribution in [0.1, 0.15) is 26.3 Å². The molecule has 106 valence electrons. The molecule has 0 saturated heterocycles. The molecule has 0 saturated carbocycles. The fourth-order valence-corrected chi connectivity index (χ4v) is 1.64. The Labute approximate surface area is 114 Å². The van der Waals surface area contributed by atoms with Gasteiger partial charge in [-0.25, -0.2) is 4.79 Å². The fourth-order valence-electron chi connectivity index (χ4n) is 1.64. The van der Waals surface area contributed by atoms with Crippen LogP contribution in [0.3, 0.4) is 0 Å². The quantitative estimate of drug-likeness (QED) is 0.631. The highest BCUT2D eigenvalue weighted by molar-refractivity contribution is 5.93. The summed E-state index contributed by atoms with van der Waals surface area (Å²) in [6.45, 7) is 7.63. The van der Waals surface area contributed by atoms with Crippen molar-refractivity contribution in [3.8, 4) is 0 Å². The molecule has 1 aromatic carbocycles. The fraction of sp³-hybridized carbons (Fsp3) is 0.500. The number of nitrogens with two attached hydrogens (primary N) is 1. The van der Waals surface area contributed by atoms with Gasteiger partial charge in [0.25, 0.3) is 0 Å². The number of rotatable bonds is 3. The van der Waals surface area contributed by atoms with E-state index in [9.17, 15) is 9.90 Å². The SMILES string of the molecule is Cc1cccc(NC(=O)N[C@H](CO)C(C)(C)C)c1N. The van der Waals surface area contributed by atoms with Gasteiger partial charge < -0.3 is 21.5 Å². The van der Waals surface area contributed by atoms with E-state index in [4.69, 9.17) is 5.73 Å². The van der Waals surface area contributed by atoms with Crippen LogP contribution in [0.5, 0.6) is 0 Å². The molecule has 5 N–H and O–H groups in total. The molecule has 2 amide bonds. The Morgan fingerprint density at radius 1 is 1.42 bits per heavy atom. The summed E-state index contributed by atoms with van der Waals surface area (Å²) in [5.41, 5.74) is 7.70. The second-order valence-corrected chi connectivity index (χ2v) is 5.74. The van der Waals surface area contributed by atoms with Crippen LogP contribution in [0, 0.1) is 12.3 Å². The Morgan fingerprint density at radius 3 is 2.58 bits per heavy atom. The first-order valence-corrected chi connectivity index (χ1v) is 6.29. The number of benzene rings is 1. The van der Waals surface area contributed by atoms with Gasteiger partial charge in [-0.3, -0.25) is 0 Å². The molecule has 0 spiro atoms. The molecular weight excluding hydrogens is 242 g/mol. The highest BCUT2D eigenvalue weighted by atomic mass is 16.3. The zero-order valence-corrected chi connectivity index (χ0v) is 11.9. The standard InChI is InChI=1S/C14H23N3O2/c1-9-6-5-7-10(12(9)15)16-13(19)17-11(8-18)14(2,3)4/h5-7,11,18H,8,15H2,1-4H3,(H2,16,17,19)/t11-/m1/s1. The second-order valence-electron chi connectivity index (χ2n) is 5.74. The Kier molecular flexibility index (Phi) is 4.78. The van der Waals surface area contributed by atoms with Gasteiger partial charge >= 0.3 is 6.03 Å². The third-order valence-electron chi connectivity index (χ3n) is 3.11. The molecule has 1 rings (SSSR count). The third kappa shape index (κ3) is 4.13. The predicted molar refractivity (Wildman–Crippen MR) is 78.1 cm³/mol. The maximum Gasteiger partial charge on any atom is 0.319 e. The number of para-hydroxylation sites is 1. The van der Waals surface area contributed by atoms with Gasteiger partial charge in [0.1, 0.15) is 0 Å². The lowest BCUT2D eigenvalue weighted by Crippen LogP contribution is -2.47. The van der Waals surface area contributed by atoms with Crippen molar-refractivity contribution >= 4 is 17.4 Å². The Hall–Kier alpha value is -1.75. The predicted octanol–water partition coefficient (Wildman–Crippen LogP) is 2.11. The summed E-state index contributed by atoms with van der Waals surface area (Å²) in [5, 5.41) is 14.8. The van der Waals surface area contributed by atoms with E-state index in [1.807, 2.05) is 39.8 Å². The molecule has 0 aromatic heterocycles. The van der Waals surface area contributed by atoms with E-state index < -0.39 is 0 Å². The molecule has 1 atom stereocenters. The third-order valence-corrected chi connectivity index (χ3v) is 3.11. The molecule has 1 aromatic rings. The van der Waals surface area contributed by atoms with E-state index in [0.717, 1.165) is 5.56 Å². The van der Waals surface area contributed by atoms with Crippen molar-refractivity contribution in [1.82, 2.24) is 5.32 Å². The Balaban J connectivity index is 2.73. The average Bonchev–Trinajstić information content (AvgIpc) is 2.30. The van der Waals surface area contributed by atoms with Crippen molar-refractivity contribution in [1.29, 1.82) is 0 Å². The molecule has 0 bridgehead atoms. The largest absolute Gasteiger partial charge is 0.397 e. The molecule has 5 nitrogen and oxygen atoms in total. The zero-order valence-electron chi connectivity index (χ0n) is 11.9. The lowest BCUT2D eigenvalue weighted by atomic mass is 9.87. The van der Waals surface area contributed by atoms with Crippen molar-refractivity contribution in [2.75, 3.05) is 17.7 Å². The summed E-state index contributed by atoms with van der Waals surface area (Å²) in [6.07, 6.45) is 0. The first-order chi connectivity index (χ1) is 8.75. The van der Waals surface area contributed by atoms with Crippen molar-refractivity contribution in [2.45, 2.75) is 33.7 Å². The first kappa shape index (κ1) is 15.3. The molecule has 0 radical (unpaired) electrons. The summed E-state index contributed by atoms with van der Waals surface area (Å²) in [6, 6.07) is 4.76. The molecule has 5 heteroatoms. The minimum Gasteiger partial charge on any atom is -0.397 e. The number of anilines is 2. The number of carbonyl (C=O) groups excluding carboxylic acids is 1. The number of aliphatic hydroxyl groups excluding tert-OH is 1. The Bertz CT molecular complexity index is 452. The van der Waals surface area contributed by atoms with Crippen LogP contribution in [-0.2, 0) is 0 Å². The molecule has 0 heterocycles. The van der Waals surface area contributed by atoms with Gasteiger partial charge in [-0.15, -0.1) is 0 Å². The molecule has 0 fully saturated rings. The topological polar surface area (TPSA) is 87.4 Å². The van der Waals surface area contributed by atoms with E-state index in [1.54, 1.807) is 6.07 Å². The molecule has 0 aliphatic heterocycles. The van der Waals surface area contributed by atoms with Gasteiger partial charge in [0.2, 0.25) is 0 Å². The maximum absolute atomic E-state index is 11.9. The number of amides is 2. The van der Waals surface area contributed by atoms with Crippen LogP contribution >= 0.6 is 0 Å². The first-order valence-electron chi connectivity index (χ1n) is 6.29. The van der Waals surface area contributed by atoms with Gasteiger partial charge in [-0.05, 0) is 24.0 Å². The van der Waals surface area contributed by atoms with Crippen LogP contribution < -0.4 is 16.4 Å². The molecule has 0 unspecified atom stereocenters. The number of nitrogens with one attached hydrogen (secondary N) is 2. The van der Waals surface area contributed by atoms with Gasteiger partial charge in [-0.1, -0.05) is 32.9 Å². The highest BCUT2D eigenvalue weighted by Gasteiger charge is 2.25. The van der Waals surface area contributed by atoms with E-state index in [1.165, 1.54) is 0 Å². The van der Waals surface area contributed by atoms with Gasteiger partial charge in [0.15, 0.2) is 0 Å². The van der Waals surface area contributed by atoms with Crippen LogP contribution in [-0.4, -0.2) is 23.8 Å². The van der Waals surface area contributed by atoms with Crippen molar-refractivity contribution in [3.63, 3.8) is 0 Å². The van der Waals surface area contributed by atoms with Crippen LogP contribution in [0.2, 0.25) is 0 Å². The second kappa shape index (κ2) is 5.93. The number of carbonyl (C=O) groups is 1. The van der Waals surface area contributed by atoms with Crippen molar-refractivity contribution < 1.29 is 9.90 Å². The van der Waals surface area contributed by atoms with Gasteiger partial charge in [-0.2, -0.15) is 0 Å². The highest BCUT2D eigenvalue weighted by Crippen LogP contribution is 2.22. The van der Waals surface area contributed by atoms with E-state index >= 15 is 0 Å². The molecule has 0 aliphatic carbocycles. The minimum atomic E-state index is -0.369. The number of aliphatic hydroxyl groups is 1. The maximum atomic E-state index is 11.9. The van der Waals surface area contributed by atoms with E-state index in [-0.39, 0.29) is 24.1 Å². The summed E-state index contributed by atoms with van der Waals surface area (Å²) in [5.74, 6) is 0. The van der Waals surface area contributed by atoms with Crippen LogP contribution in [0.25, 0.3) is 0 Å². The van der Waals surface area contributed by atoms with Crippen molar-refractivity contribution in [2.24, 2.45) is 5.41 Å². The average molecular weight is 265 g/mol. The smallest absolute Gasteiger partial charge is 0.319 e. The zero-order chi connectivity index (χ0) is 14.6. The summed E-state index contributed by atoms with van der Waals surface area (Å²) < 4.78 is 0. The monoisotopic (exact) mass is 265 g/mol. The number of nitrogen functional groups attached to an aromatic ring is 1. The van der Waals surface area contributed by atoms with Crippen LogP contribution in [0.4, 0.5) is 16.2 Å². The molecule has 19 heavy (non-hydrogen) atoms. The van der Waals surface area contributed by atoms with E-state index in [0.29, 0.717) is 11.4 Å². The lowest BCUT2D eigenvalue weighted by molar-refractivity contribution is 0.162. The minimum absolute atomic E-state index is 0.111. The normalized spacial score (nSPS) is 12.9. The molecule has 0 aliphatic rings. The summed E-state index contributed by atoms with van der Waals surface area (Å²) >= 11 is 0. The van der Waals surface area contributed by atoms with Gasteiger partial charge in [0, 0.05) is 0 Å². The lowest BCUT2D eigenvalue weighted by Gasteiger charge is -2.29. The number of urea groups is 1. The van der Waals surface area contributed by atoms with Crippen LogP contribution in [0.15, 0.2) is 18.2 Å². The summed E-state index contributed by atoms with van der Waals surface area (Å²) in [4.78, 5) is 11.9. The number of aryl methyl sites for hydroxylation is 1. The van der Waals surface area contributed by atoms with Crippen molar-refractivity contribution in [3.05, 3.63) is 23.8 Å². The Morgan fingerprint density at radius 2 is 2.05 bits per heavy atom. The summed E-state index contributed by atoms with van der Waals surface area (Å²) in [7, 11) is 0. The number of hydrogen-bond donors (Lipinski definition) is 4. The number of hydrogen-bond acceptors (Lipinski definition) is 3. The molecular formula is C14H23N3O2. The van der Waals surface area contributed by atoms with Gasteiger partial charge in [0.05, 0.1) is 24.0 Å². The van der Waals surface area contributed by atoms with E-state index in [2.05, 4.69) is 10.6 Å².